The van der Waals surface area contributed by atoms with Crippen LogP contribution in [0.5, 0.6) is 5.75 Å². The lowest BCUT2D eigenvalue weighted by Crippen LogP contribution is -2.46. The van der Waals surface area contributed by atoms with Crippen molar-refractivity contribution >= 4 is 51.9 Å². The van der Waals surface area contributed by atoms with Gasteiger partial charge in [-0.25, -0.2) is 18.9 Å². The average molecular weight is 706 g/mol. The van der Waals surface area contributed by atoms with Crippen LogP contribution in [-0.4, -0.2) is 71.4 Å². The van der Waals surface area contributed by atoms with Gasteiger partial charge in [0.1, 0.15) is 17.1 Å². The standard InChI is InChI=1S/C35H31Cl2FN6O5/c1-43-33-29(41-42-43)11-20(15-39-33)19-9-26(36)31(27(37)10-19)34(45)40-14-18-5-4-6-23(32(18)47-2)24-13-30(25(12-28(24)38)35(46)48-3)44-21-7-8-22(44)17-49-16-21/h4-6,9-13,15,21-22H,7-8,14,16-17H2,1-3H3,(H,40,45). The molecule has 11 nitrogen and oxygen atoms in total. The fourth-order valence-corrected chi connectivity index (χ4v) is 7.42. The van der Waals surface area contributed by atoms with Crippen molar-refractivity contribution in [1.29, 1.82) is 0 Å². The summed E-state index contributed by atoms with van der Waals surface area (Å²) < 4.78 is 34.0. The lowest BCUT2D eigenvalue weighted by atomic mass is 9.97. The summed E-state index contributed by atoms with van der Waals surface area (Å²) in [6.45, 7) is 1.07. The molecule has 2 saturated heterocycles. The van der Waals surface area contributed by atoms with Gasteiger partial charge in [0.25, 0.3) is 5.91 Å². The van der Waals surface area contributed by atoms with Gasteiger partial charge in [0.2, 0.25) is 0 Å². The number of nitrogens with one attached hydrogen (secondary N) is 1. The molecular weight excluding hydrogens is 674 g/mol. The predicted octanol–water partition coefficient (Wildman–Crippen LogP) is 6.24. The summed E-state index contributed by atoms with van der Waals surface area (Å²) in [7, 11) is 4.51. The normalized spacial score (nSPS) is 17.0. The highest BCUT2D eigenvalue weighted by molar-refractivity contribution is 6.40. The van der Waals surface area contributed by atoms with Gasteiger partial charge in [0.15, 0.2) is 5.65 Å². The van der Waals surface area contributed by atoms with Gasteiger partial charge in [-0.05, 0) is 48.7 Å². The second-order valence-electron chi connectivity index (χ2n) is 11.9. The van der Waals surface area contributed by atoms with Crippen molar-refractivity contribution in [2.45, 2.75) is 31.5 Å². The monoisotopic (exact) mass is 704 g/mol. The number of hydrogen-bond donors (Lipinski definition) is 1. The van der Waals surface area contributed by atoms with Gasteiger partial charge in [-0.3, -0.25) is 4.79 Å². The molecule has 2 atom stereocenters. The number of carbonyl (C=O) groups is 2. The summed E-state index contributed by atoms with van der Waals surface area (Å²) in [5, 5.41) is 11.3. The maximum absolute atomic E-state index is 15.9. The first-order valence-electron chi connectivity index (χ1n) is 15.6. The number of ether oxygens (including phenoxy) is 3. The molecular formula is C35H31Cl2FN6O5. The molecule has 0 aliphatic carbocycles. The highest BCUT2D eigenvalue weighted by atomic mass is 35.5. The summed E-state index contributed by atoms with van der Waals surface area (Å²) >= 11 is 13.2. The van der Waals surface area contributed by atoms with Crippen LogP contribution in [0.25, 0.3) is 33.4 Å². The van der Waals surface area contributed by atoms with E-state index in [2.05, 4.69) is 25.5 Å². The molecule has 2 aromatic heterocycles. The van der Waals surface area contributed by atoms with E-state index in [4.69, 9.17) is 37.4 Å². The second kappa shape index (κ2) is 13.3. The Bertz CT molecular complexity index is 2090. The molecule has 0 spiro atoms. The van der Waals surface area contributed by atoms with Gasteiger partial charge < -0.3 is 24.4 Å². The molecule has 0 radical (unpaired) electrons. The number of aryl methyl sites for hydroxylation is 1. The third-order valence-electron chi connectivity index (χ3n) is 9.08. The van der Waals surface area contributed by atoms with Gasteiger partial charge in [0.05, 0.1) is 66.4 Å². The average Bonchev–Trinajstić information content (AvgIpc) is 3.59. The number of halogens is 3. The van der Waals surface area contributed by atoms with E-state index < -0.39 is 17.7 Å². The van der Waals surface area contributed by atoms with Crippen molar-refractivity contribution in [2.24, 2.45) is 7.05 Å². The molecule has 7 rings (SSSR count). The van der Waals surface area contributed by atoms with Gasteiger partial charge in [-0.2, -0.15) is 0 Å². The van der Waals surface area contributed by atoms with Gasteiger partial charge in [-0.1, -0.05) is 46.6 Å². The lowest BCUT2D eigenvalue weighted by molar-refractivity contribution is 0.0598. The van der Waals surface area contributed by atoms with Crippen LogP contribution in [0.15, 0.2) is 54.7 Å². The van der Waals surface area contributed by atoms with E-state index in [1.807, 2.05) is 6.07 Å². The number of benzene rings is 3. The Morgan fingerprint density at radius 1 is 1.02 bits per heavy atom. The zero-order chi connectivity index (χ0) is 34.4. The van der Waals surface area contributed by atoms with Crippen LogP contribution in [0.4, 0.5) is 10.1 Å². The molecule has 2 bridgehead atoms. The molecule has 2 aliphatic rings. The van der Waals surface area contributed by atoms with Crippen molar-refractivity contribution in [3.05, 3.63) is 87.3 Å². The molecule has 3 aromatic carbocycles. The molecule has 0 saturated carbocycles. The minimum absolute atomic E-state index is 0.0276. The third kappa shape index (κ3) is 5.94. The highest BCUT2D eigenvalue weighted by Gasteiger charge is 2.39. The number of hydrogen-bond acceptors (Lipinski definition) is 9. The molecule has 4 heterocycles. The molecule has 1 N–H and O–H groups in total. The highest BCUT2D eigenvalue weighted by Crippen LogP contribution is 2.42. The quantitative estimate of drug-likeness (QED) is 0.187. The number of morpholine rings is 1. The van der Waals surface area contributed by atoms with Crippen molar-refractivity contribution in [3.63, 3.8) is 0 Å². The van der Waals surface area contributed by atoms with E-state index in [1.54, 1.807) is 54.3 Å². The SMILES string of the molecule is COC(=O)c1cc(F)c(-c2cccc(CNC(=O)c3c(Cl)cc(-c4cnc5c(c4)nnn5C)cc3Cl)c2OC)cc1N1C2CCC1COC2. The van der Waals surface area contributed by atoms with Crippen LogP contribution >= 0.6 is 23.2 Å². The maximum Gasteiger partial charge on any atom is 0.340 e. The third-order valence-corrected chi connectivity index (χ3v) is 9.68. The number of rotatable bonds is 8. The maximum atomic E-state index is 15.9. The summed E-state index contributed by atoms with van der Waals surface area (Å²) in [6.07, 6.45) is 3.47. The molecule has 49 heavy (non-hydrogen) atoms. The van der Waals surface area contributed by atoms with Crippen molar-refractivity contribution in [1.82, 2.24) is 25.3 Å². The van der Waals surface area contributed by atoms with E-state index in [1.165, 1.54) is 20.3 Å². The van der Waals surface area contributed by atoms with E-state index in [-0.39, 0.29) is 45.4 Å². The summed E-state index contributed by atoms with van der Waals surface area (Å²) in [5.41, 5.74) is 4.72. The topological polar surface area (TPSA) is 121 Å². The Hall–Kier alpha value is -4.78. The predicted molar refractivity (Wildman–Crippen MR) is 183 cm³/mol. The number of para-hydroxylation sites is 1. The number of aromatic nitrogens is 4. The van der Waals surface area contributed by atoms with Crippen LogP contribution in [-0.2, 0) is 23.1 Å². The summed E-state index contributed by atoms with van der Waals surface area (Å²) in [6, 6.07) is 13.4. The van der Waals surface area contributed by atoms with Gasteiger partial charge in [-0.15, -0.1) is 5.10 Å². The first-order valence-corrected chi connectivity index (χ1v) is 16.3. The first kappa shape index (κ1) is 32.8. The fourth-order valence-electron chi connectivity index (χ4n) is 6.76. The minimum Gasteiger partial charge on any atom is -0.496 e. The number of carbonyl (C=O) groups excluding carboxylic acids is 2. The van der Waals surface area contributed by atoms with Crippen molar-refractivity contribution in [3.8, 4) is 28.0 Å². The Morgan fingerprint density at radius 2 is 1.76 bits per heavy atom. The Labute approximate surface area is 290 Å². The smallest absolute Gasteiger partial charge is 0.340 e. The molecule has 14 heteroatoms. The van der Waals surface area contributed by atoms with Crippen molar-refractivity contribution < 1.29 is 28.2 Å². The fraction of sp³-hybridized carbons (Fsp3) is 0.286. The minimum atomic E-state index is -0.622. The molecule has 2 fully saturated rings. The van der Waals surface area contributed by atoms with Crippen LogP contribution in [0, 0.1) is 5.82 Å². The first-order chi connectivity index (χ1) is 23.7. The zero-order valence-corrected chi connectivity index (χ0v) is 28.3. The van der Waals surface area contributed by atoms with E-state index >= 15 is 4.39 Å². The van der Waals surface area contributed by atoms with Crippen LogP contribution < -0.4 is 15.0 Å². The Morgan fingerprint density at radius 3 is 2.45 bits per heavy atom. The van der Waals surface area contributed by atoms with Gasteiger partial charge in [0, 0.05) is 42.0 Å². The van der Waals surface area contributed by atoms with Gasteiger partial charge >= 0.3 is 5.97 Å². The van der Waals surface area contributed by atoms with E-state index in [0.29, 0.717) is 58.1 Å². The lowest BCUT2D eigenvalue weighted by Gasteiger charge is -2.37. The van der Waals surface area contributed by atoms with Crippen LogP contribution in [0.1, 0.15) is 39.1 Å². The summed E-state index contributed by atoms with van der Waals surface area (Å²) in [4.78, 5) is 32.8. The Balaban J connectivity index is 1.17. The number of pyridine rings is 1. The van der Waals surface area contributed by atoms with Crippen LogP contribution in [0.3, 0.4) is 0 Å². The largest absolute Gasteiger partial charge is 0.496 e. The number of fused-ring (bicyclic) bond motifs is 3. The second-order valence-corrected chi connectivity index (χ2v) is 12.8. The van der Waals surface area contributed by atoms with Crippen molar-refractivity contribution in [2.75, 3.05) is 32.3 Å². The number of esters is 1. The van der Waals surface area contributed by atoms with Crippen LogP contribution in [0.2, 0.25) is 10.0 Å². The van der Waals surface area contributed by atoms with E-state index in [0.717, 1.165) is 12.8 Å². The molecule has 2 aliphatic heterocycles. The molecule has 5 aromatic rings. The molecule has 1 amide bonds. The number of nitrogens with zero attached hydrogens (tertiary/aromatic N) is 5. The number of anilines is 1. The molecule has 2 unspecified atom stereocenters. The van der Waals surface area contributed by atoms with E-state index in [9.17, 15) is 9.59 Å². The Kier molecular flexibility index (Phi) is 8.86. The number of amides is 1. The zero-order valence-electron chi connectivity index (χ0n) is 26.8. The summed E-state index contributed by atoms with van der Waals surface area (Å²) in [5.74, 6) is -1.38. The molecule has 252 valence electrons. The number of methoxy groups -OCH3 is 2.